The number of ether oxygens (including phenoxy) is 1. The average Bonchev–Trinajstić information content (AvgIpc) is 3.22. The van der Waals surface area contributed by atoms with Gasteiger partial charge in [-0.15, -0.1) is 0 Å². The molecule has 10 heteroatoms. The van der Waals surface area contributed by atoms with Crippen LogP contribution in [0.3, 0.4) is 0 Å². The predicted octanol–water partition coefficient (Wildman–Crippen LogP) is 0.675. The molecule has 4 heterocycles. The van der Waals surface area contributed by atoms with Crippen LogP contribution in [0.5, 0.6) is 0 Å². The normalized spacial score (nSPS) is 16.4. The Morgan fingerprint density at radius 2 is 1.83 bits per heavy atom. The monoisotopic (exact) mass is 406 g/mol. The second-order valence-electron chi connectivity index (χ2n) is 7.24. The standard InChI is InChI=1S/C20H22N8O2/c21-19-23-17(24-20(25-19)26-8-10-30-11-9-26)18(29)27-7-6-16-15(12-27)22-13-28(16)14-4-2-1-3-5-14/h1-5,13H,6-12H2,(H2,21,23,24,25). The molecule has 2 N–H and O–H groups in total. The third-order valence-corrected chi connectivity index (χ3v) is 5.36. The Morgan fingerprint density at radius 3 is 2.63 bits per heavy atom. The Hall–Kier alpha value is -3.53. The highest BCUT2D eigenvalue weighted by atomic mass is 16.5. The summed E-state index contributed by atoms with van der Waals surface area (Å²) >= 11 is 0. The van der Waals surface area contributed by atoms with Crippen LogP contribution in [0.15, 0.2) is 36.7 Å². The number of anilines is 2. The number of hydrogen-bond acceptors (Lipinski definition) is 8. The van der Waals surface area contributed by atoms with Gasteiger partial charge in [-0.1, -0.05) is 18.2 Å². The van der Waals surface area contributed by atoms with Gasteiger partial charge in [-0.05, 0) is 12.1 Å². The molecule has 5 rings (SSSR count). The fourth-order valence-corrected chi connectivity index (χ4v) is 3.82. The Kier molecular flexibility index (Phi) is 4.75. The van der Waals surface area contributed by atoms with Gasteiger partial charge in [-0.25, -0.2) is 4.98 Å². The Labute approximate surface area is 173 Å². The lowest BCUT2D eigenvalue weighted by molar-refractivity contribution is 0.0718. The summed E-state index contributed by atoms with van der Waals surface area (Å²) in [6.07, 6.45) is 2.51. The molecule has 0 aliphatic carbocycles. The fourth-order valence-electron chi connectivity index (χ4n) is 3.82. The highest BCUT2D eigenvalue weighted by Crippen LogP contribution is 2.22. The Bertz CT molecular complexity index is 1060. The number of nitrogens with zero attached hydrogens (tertiary/aromatic N) is 7. The van der Waals surface area contributed by atoms with Crippen LogP contribution in [0.25, 0.3) is 5.69 Å². The number of amides is 1. The van der Waals surface area contributed by atoms with Gasteiger partial charge in [0.05, 0.1) is 31.8 Å². The van der Waals surface area contributed by atoms with Crippen LogP contribution < -0.4 is 10.6 Å². The van der Waals surface area contributed by atoms with E-state index in [9.17, 15) is 4.79 Å². The van der Waals surface area contributed by atoms with Crippen LogP contribution in [-0.2, 0) is 17.7 Å². The van der Waals surface area contributed by atoms with Gasteiger partial charge in [0, 0.05) is 37.4 Å². The molecule has 2 aliphatic heterocycles. The minimum atomic E-state index is -0.265. The maximum absolute atomic E-state index is 13.1. The van der Waals surface area contributed by atoms with Crippen molar-refractivity contribution in [2.24, 2.45) is 0 Å². The molecular formula is C20H22N8O2. The van der Waals surface area contributed by atoms with Crippen LogP contribution in [0, 0.1) is 0 Å². The first-order valence-corrected chi connectivity index (χ1v) is 9.93. The van der Waals surface area contributed by atoms with Crippen molar-refractivity contribution in [3.63, 3.8) is 0 Å². The molecule has 1 fully saturated rings. The van der Waals surface area contributed by atoms with E-state index < -0.39 is 0 Å². The van der Waals surface area contributed by atoms with Crippen molar-refractivity contribution in [2.45, 2.75) is 13.0 Å². The van der Waals surface area contributed by atoms with E-state index in [-0.39, 0.29) is 17.7 Å². The lowest BCUT2D eigenvalue weighted by Gasteiger charge is -2.28. The number of imidazole rings is 1. The zero-order valence-corrected chi connectivity index (χ0v) is 16.4. The van der Waals surface area contributed by atoms with Gasteiger partial charge < -0.3 is 24.8 Å². The van der Waals surface area contributed by atoms with Gasteiger partial charge in [-0.2, -0.15) is 15.0 Å². The lowest BCUT2D eigenvalue weighted by atomic mass is 10.1. The minimum Gasteiger partial charge on any atom is -0.378 e. The topological polar surface area (TPSA) is 115 Å². The highest BCUT2D eigenvalue weighted by Gasteiger charge is 2.28. The fraction of sp³-hybridized carbons (Fsp3) is 0.350. The third kappa shape index (κ3) is 3.45. The number of fused-ring (bicyclic) bond motifs is 1. The largest absolute Gasteiger partial charge is 0.378 e. The molecule has 0 unspecified atom stereocenters. The van der Waals surface area contributed by atoms with Crippen molar-refractivity contribution in [1.29, 1.82) is 0 Å². The molecule has 10 nitrogen and oxygen atoms in total. The van der Waals surface area contributed by atoms with Gasteiger partial charge in [0.2, 0.25) is 17.7 Å². The van der Waals surface area contributed by atoms with Crippen LogP contribution in [0.2, 0.25) is 0 Å². The van der Waals surface area contributed by atoms with Gasteiger partial charge in [0.1, 0.15) is 0 Å². The van der Waals surface area contributed by atoms with E-state index in [1.54, 1.807) is 4.90 Å². The Morgan fingerprint density at radius 1 is 1.03 bits per heavy atom. The lowest BCUT2D eigenvalue weighted by Crippen LogP contribution is -2.40. The van der Waals surface area contributed by atoms with Crippen molar-refractivity contribution in [1.82, 2.24) is 29.4 Å². The number of benzene rings is 1. The molecular weight excluding hydrogens is 384 g/mol. The molecule has 0 bridgehead atoms. The second-order valence-corrected chi connectivity index (χ2v) is 7.24. The zero-order valence-electron chi connectivity index (χ0n) is 16.4. The summed E-state index contributed by atoms with van der Waals surface area (Å²) < 4.78 is 7.44. The number of rotatable bonds is 3. The number of carbonyl (C=O) groups is 1. The number of para-hydroxylation sites is 1. The maximum atomic E-state index is 13.1. The van der Waals surface area contributed by atoms with E-state index in [0.29, 0.717) is 51.8 Å². The van der Waals surface area contributed by atoms with Crippen LogP contribution in [0.4, 0.5) is 11.9 Å². The maximum Gasteiger partial charge on any atom is 0.292 e. The molecule has 0 atom stereocenters. The first kappa shape index (κ1) is 18.5. The number of nitrogens with two attached hydrogens (primary N) is 1. The van der Waals surface area contributed by atoms with Crippen LogP contribution in [-0.4, -0.2) is 68.2 Å². The first-order chi connectivity index (χ1) is 14.7. The van der Waals surface area contributed by atoms with Gasteiger partial charge in [-0.3, -0.25) is 4.79 Å². The molecule has 2 aliphatic rings. The Balaban J connectivity index is 1.37. The molecule has 1 amide bonds. The third-order valence-electron chi connectivity index (χ3n) is 5.36. The number of hydrogen-bond donors (Lipinski definition) is 1. The van der Waals surface area contributed by atoms with Crippen molar-refractivity contribution in [3.8, 4) is 5.69 Å². The summed E-state index contributed by atoms with van der Waals surface area (Å²) in [5, 5.41) is 0. The first-order valence-electron chi connectivity index (χ1n) is 9.93. The molecule has 154 valence electrons. The summed E-state index contributed by atoms with van der Waals surface area (Å²) in [6, 6.07) is 10.1. The molecule has 1 aromatic carbocycles. The average molecular weight is 406 g/mol. The number of nitrogen functional groups attached to an aromatic ring is 1. The number of aromatic nitrogens is 5. The molecule has 30 heavy (non-hydrogen) atoms. The van der Waals surface area contributed by atoms with Crippen LogP contribution >= 0.6 is 0 Å². The molecule has 0 saturated carbocycles. The quantitative estimate of drug-likeness (QED) is 0.675. The zero-order chi connectivity index (χ0) is 20.5. The summed E-state index contributed by atoms with van der Waals surface area (Å²) in [5.74, 6) is 0.259. The highest BCUT2D eigenvalue weighted by molar-refractivity contribution is 5.91. The summed E-state index contributed by atoms with van der Waals surface area (Å²) in [7, 11) is 0. The van der Waals surface area contributed by atoms with Crippen LogP contribution in [0.1, 0.15) is 22.0 Å². The van der Waals surface area contributed by atoms with Gasteiger partial charge in [0.25, 0.3) is 5.91 Å². The SMILES string of the molecule is Nc1nc(C(=O)N2CCc3c(ncn3-c3ccccc3)C2)nc(N2CCOCC2)n1. The van der Waals surface area contributed by atoms with Crippen molar-refractivity contribution < 1.29 is 9.53 Å². The molecule has 2 aromatic heterocycles. The molecule has 1 saturated heterocycles. The number of morpholine rings is 1. The van der Waals surface area contributed by atoms with Crippen molar-refractivity contribution in [2.75, 3.05) is 43.5 Å². The van der Waals surface area contributed by atoms with Gasteiger partial charge >= 0.3 is 0 Å². The smallest absolute Gasteiger partial charge is 0.292 e. The van der Waals surface area contributed by atoms with E-state index in [0.717, 1.165) is 17.1 Å². The van der Waals surface area contributed by atoms with Crippen molar-refractivity contribution in [3.05, 3.63) is 53.9 Å². The minimum absolute atomic E-state index is 0.0425. The van der Waals surface area contributed by atoms with E-state index in [1.807, 2.05) is 41.6 Å². The molecule has 3 aromatic rings. The predicted molar refractivity (Wildman–Crippen MR) is 109 cm³/mol. The second kappa shape index (κ2) is 7.71. The molecule has 0 spiro atoms. The van der Waals surface area contributed by atoms with E-state index in [1.165, 1.54) is 0 Å². The number of carbonyl (C=O) groups excluding carboxylic acids is 1. The van der Waals surface area contributed by atoms with E-state index >= 15 is 0 Å². The van der Waals surface area contributed by atoms with Gasteiger partial charge in [0.15, 0.2) is 0 Å². The summed E-state index contributed by atoms with van der Waals surface area (Å²) in [4.78, 5) is 34.0. The molecule has 0 radical (unpaired) electrons. The van der Waals surface area contributed by atoms with Crippen molar-refractivity contribution >= 4 is 17.8 Å². The van der Waals surface area contributed by atoms with E-state index in [4.69, 9.17) is 10.5 Å². The van der Waals surface area contributed by atoms with E-state index in [2.05, 4.69) is 24.5 Å². The summed E-state index contributed by atoms with van der Waals surface area (Å²) in [6.45, 7) is 3.46. The summed E-state index contributed by atoms with van der Waals surface area (Å²) in [5.41, 5.74) is 8.94.